The van der Waals surface area contributed by atoms with Gasteiger partial charge in [0.1, 0.15) is 5.75 Å². The van der Waals surface area contributed by atoms with Crippen LogP contribution in [-0.2, 0) is 0 Å². The molecule has 2 N–H and O–H groups in total. The Hall–Kier alpha value is -1.02. The van der Waals surface area contributed by atoms with Crippen molar-refractivity contribution < 1.29 is 4.74 Å². The molecule has 0 bridgehead atoms. The van der Waals surface area contributed by atoms with Gasteiger partial charge >= 0.3 is 0 Å². The van der Waals surface area contributed by atoms with E-state index in [1.54, 1.807) is 0 Å². The van der Waals surface area contributed by atoms with E-state index in [0.717, 1.165) is 18.2 Å². The Kier molecular flexibility index (Phi) is 4.84. The zero-order chi connectivity index (χ0) is 14.7. The fourth-order valence-corrected chi connectivity index (χ4v) is 3.85. The van der Waals surface area contributed by atoms with E-state index in [1.165, 1.54) is 50.5 Å². The maximum atomic E-state index is 6.03. The first-order valence-corrected chi connectivity index (χ1v) is 8.76. The quantitative estimate of drug-likeness (QED) is 0.837. The van der Waals surface area contributed by atoms with E-state index in [4.69, 9.17) is 10.5 Å². The summed E-state index contributed by atoms with van der Waals surface area (Å²) in [6, 6.07) is 8.87. The molecule has 21 heavy (non-hydrogen) atoms. The number of nitrogens with two attached hydrogens (primary N) is 1. The first-order valence-electron chi connectivity index (χ1n) is 8.76. The molecule has 2 aliphatic rings. The van der Waals surface area contributed by atoms with Crippen LogP contribution in [0.1, 0.15) is 63.4 Å². The van der Waals surface area contributed by atoms with Crippen LogP contribution in [0.25, 0.3) is 0 Å². The summed E-state index contributed by atoms with van der Waals surface area (Å²) < 4.78 is 5.86. The molecule has 3 rings (SSSR count). The summed E-state index contributed by atoms with van der Waals surface area (Å²) in [4.78, 5) is 0. The molecule has 3 atom stereocenters. The molecule has 3 unspecified atom stereocenters. The second kappa shape index (κ2) is 6.83. The van der Waals surface area contributed by atoms with E-state index in [1.807, 2.05) is 0 Å². The lowest BCUT2D eigenvalue weighted by Gasteiger charge is -2.36. The molecule has 0 spiro atoms. The third-order valence-electron chi connectivity index (χ3n) is 5.24. The highest BCUT2D eigenvalue weighted by atomic mass is 16.5. The summed E-state index contributed by atoms with van der Waals surface area (Å²) in [5.41, 5.74) is 7.50. The lowest BCUT2D eigenvalue weighted by Crippen LogP contribution is -2.29. The molecular weight excluding hydrogens is 258 g/mol. The first-order chi connectivity index (χ1) is 10.3. The molecule has 2 saturated carbocycles. The number of ether oxygens (including phenoxy) is 1. The largest absolute Gasteiger partial charge is 0.490 e. The van der Waals surface area contributed by atoms with Crippen LogP contribution in [0.15, 0.2) is 24.3 Å². The average Bonchev–Trinajstić information content (AvgIpc) is 3.32. The molecule has 0 amide bonds. The molecule has 1 aromatic carbocycles. The normalized spacial score (nSPS) is 29.3. The fourth-order valence-electron chi connectivity index (χ4n) is 3.85. The van der Waals surface area contributed by atoms with Crippen molar-refractivity contribution in [2.24, 2.45) is 17.6 Å². The number of benzene rings is 1. The van der Waals surface area contributed by atoms with Gasteiger partial charge in [-0.2, -0.15) is 0 Å². The minimum absolute atomic E-state index is 0.483. The van der Waals surface area contributed by atoms with E-state index in [9.17, 15) is 0 Å². The first kappa shape index (κ1) is 14.9. The highest BCUT2D eigenvalue weighted by molar-refractivity contribution is 5.30. The van der Waals surface area contributed by atoms with Crippen molar-refractivity contribution in [2.75, 3.05) is 6.54 Å². The van der Waals surface area contributed by atoms with Gasteiger partial charge in [0, 0.05) is 0 Å². The molecule has 2 fully saturated rings. The van der Waals surface area contributed by atoms with Crippen molar-refractivity contribution in [1.82, 2.24) is 0 Å². The Bertz CT molecular complexity index is 437. The minimum atomic E-state index is 0.483. The Morgan fingerprint density at radius 1 is 1.10 bits per heavy atom. The van der Waals surface area contributed by atoms with Gasteiger partial charge in [-0.3, -0.25) is 0 Å². The van der Waals surface area contributed by atoms with Crippen molar-refractivity contribution >= 4 is 0 Å². The predicted octanol–water partition coefficient (Wildman–Crippen LogP) is 4.49. The number of hydrogen-bond donors (Lipinski definition) is 1. The van der Waals surface area contributed by atoms with Crippen LogP contribution in [0.2, 0.25) is 0 Å². The van der Waals surface area contributed by atoms with Crippen LogP contribution in [0.4, 0.5) is 0 Å². The average molecular weight is 287 g/mol. The molecular formula is C19H29NO. The fraction of sp³-hybridized carbons (Fsp3) is 0.684. The van der Waals surface area contributed by atoms with Crippen LogP contribution in [0.3, 0.4) is 0 Å². The summed E-state index contributed by atoms with van der Waals surface area (Å²) in [5, 5.41) is 0. The Balaban J connectivity index is 1.68. The molecule has 116 valence electrons. The van der Waals surface area contributed by atoms with Crippen molar-refractivity contribution in [3.8, 4) is 5.75 Å². The Morgan fingerprint density at radius 2 is 1.86 bits per heavy atom. The van der Waals surface area contributed by atoms with Gasteiger partial charge in [-0.05, 0) is 67.7 Å². The number of hydrogen-bond acceptors (Lipinski definition) is 2. The molecule has 2 aliphatic carbocycles. The molecule has 2 nitrogen and oxygen atoms in total. The van der Waals surface area contributed by atoms with E-state index in [2.05, 4.69) is 31.2 Å². The van der Waals surface area contributed by atoms with Gasteiger partial charge in [-0.25, -0.2) is 0 Å². The van der Waals surface area contributed by atoms with E-state index < -0.39 is 0 Å². The smallest absolute Gasteiger partial charge is 0.119 e. The van der Waals surface area contributed by atoms with Gasteiger partial charge in [-0.1, -0.05) is 38.3 Å². The second-order valence-corrected chi connectivity index (χ2v) is 6.96. The highest BCUT2D eigenvalue weighted by Gasteiger charge is 2.30. The van der Waals surface area contributed by atoms with Gasteiger partial charge in [-0.15, -0.1) is 0 Å². The van der Waals surface area contributed by atoms with Crippen LogP contribution in [0.5, 0.6) is 5.75 Å². The van der Waals surface area contributed by atoms with Gasteiger partial charge in [0.25, 0.3) is 0 Å². The zero-order valence-corrected chi connectivity index (χ0v) is 13.3. The van der Waals surface area contributed by atoms with Crippen LogP contribution in [0, 0.1) is 11.8 Å². The summed E-state index contributed by atoms with van der Waals surface area (Å²) in [5.74, 6) is 3.24. The molecule has 2 heteroatoms. The summed E-state index contributed by atoms with van der Waals surface area (Å²) in [7, 11) is 0. The predicted molar refractivity (Wildman–Crippen MR) is 87.6 cm³/mol. The van der Waals surface area contributed by atoms with Gasteiger partial charge in [0.2, 0.25) is 0 Å². The molecule has 1 aromatic rings. The highest BCUT2D eigenvalue weighted by Crippen LogP contribution is 2.42. The zero-order valence-electron chi connectivity index (χ0n) is 13.3. The molecule has 0 aromatic heterocycles. The second-order valence-electron chi connectivity index (χ2n) is 6.96. The standard InChI is InChI=1S/C19H29NO/c1-2-3-14-4-5-16(13-20)19(12-14)15-6-8-17(9-7-15)21-18-10-11-18/h6-9,14,16,18-19H,2-5,10-13,20H2,1H3. The van der Waals surface area contributed by atoms with Crippen LogP contribution >= 0.6 is 0 Å². The Morgan fingerprint density at radius 3 is 2.48 bits per heavy atom. The van der Waals surface area contributed by atoms with Crippen molar-refractivity contribution in [3.63, 3.8) is 0 Å². The number of rotatable bonds is 6. The topological polar surface area (TPSA) is 35.2 Å². The maximum Gasteiger partial charge on any atom is 0.119 e. The van der Waals surface area contributed by atoms with Crippen molar-refractivity contribution in [3.05, 3.63) is 29.8 Å². The third-order valence-corrected chi connectivity index (χ3v) is 5.24. The lowest BCUT2D eigenvalue weighted by molar-refractivity contribution is 0.230. The van der Waals surface area contributed by atoms with Crippen LogP contribution < -0.4 is 10.5 Å². The van der Waals surface area contributed by atoms with Crippen LogP contribution in [-0.4, -0.2) is 12.6 Å². The van der Waals surface area contributed by atoms with Gasteiger partial charge in [0.15, 0.2) is 0 Å². The lowest BCUT2D eigenvalue weighted by atomic mass is 9.70. The molecule has 0 saturated heterocycles. The molecule has 0 heterocycles. The van der Waals surface area contributed by atoms with E-state index in [0.29, 0.717) is 17.9 Å². The van der Waals surface area contributed by atoms with E-state index >= 15 is 0 Å². The monoisotopic (exact) mass is 287 g/mol. The third kappa shape index (κ3) is 3.79. The van der Waals surface area contributed by atoms with Gasteiger partial charge in [0.05, 0.1) is 6.10 Å². The van der Waals surface area contributed by atoms with Crippen molar-refractivity contribution in [2.45, 2.75) is 63.9 Å². The SMILES string of the molecule is CCCC1CCC(CN)C(c2ccc(OC3CC3)cc2)C1. The van der Waals surface area contributed by atoms with E-state index in [-0.39, 0.29) is 0 Å². The Labute approximate surface area is 129 Å². The minimum Gasteiger partial charge on any atom is -0.490 e. The maximum absolute atomic E-state index is 6.03. The molecule has 0 aliphatic heterocycles. The summed E-state index contributed by atoms with van der Waals surface area (Å²) in [6.45, 7) is 3.12. The summed E-state index contributed by atoms with van der Waals surface area (Å²) in [6.07, 6.45) is 9.59. The molecule has 0 radical (unpaired) electrons. The van der Waals surface area contributed by atoms with Gasteiger partial charge < -0.3 is 10.5 Å². The summed E-state index contributed by atoms with van der Waals surface area (Å²) >= 11 is 0. The van der Waals surface area contributed by atoms with Crippen molar-refractivity contribution in [1.29, 1.82) is 0 Å².